The molecule has 1 aliphatic rings. The van der Waals surface area contributed by atoms with E-state index in [0.717, 1.165) is 8.39 Å². The van der Waals surface area contributed by atoms with Crippen LogP contribution in [0.4, 0.5) is 10.6 Å². The van der Waals surface area contributed by atoms with Crippen LogP contribution in [0.15, 0.2) is 24.3 Å². The molecule has 1 aromatic carbocycles. The van der Waals surface area contributed by atoms with Gasteiger partial charge in [-0.05, 0) is 52.2 Å². The number of rotatable bonds is 11. The molecule has 3 rings (SSSR count). The Kier molecular flexibility index (Phi) is 11.7. The van der Waals surface area contributed by atoms with Crippen molar-refractivity contribution in [2.24, 2.45) is 0 Å². The van der Waals surface area contributed by atoms with Crippen molar-refractivity contribution in [1.82, 2.24) is 23.7 Å². The number of nitrogens with one attached hydrogen (secondary N) is 1. The SMILES string of the molecule is COC(OC)C(C)N(C)C(=O)c1nn(S(=O)(=O)N(C)C)c(N2CCC[C@@H](NC(=O)OC(C)(C)C)C2)c1Cc1ccccc1Cl. The van der Waals surface area contributed by atoms with Crippen molar-refractivity contribution in [1.29, 1.82) is 0 Å². The summed E-state index contributed by atoms with van der Waals surface area (Å²) in [6, 6.07) is 6.28. The lowest BCUT2D eigenvalue weighted by molar-refractivity contribution is -0.134. The Balaban J connectivity index is 2.20. The second kappa shape index (κ2) is 14.5. The van der Waals surface area contributed by atoms with Crippen molar-refractivity contribution in [3.63, 3.8) is 0 Å². The molecule has 2 heterocycles. The summed E-state index contributed by atoms with van der Waals surface area (Å²) >= 11 is 6.56. The molecule has 0 aliphatic carbocycles. The minimum absolute atomic E-state index is 0.0483. The number of alkyl carbamates (subject to hydrolysis) is 1. The van der Waals surface area contributed by atoms with Gasteiger partial charge >= 0.3 is 16.3 Å². The number of carbonyl (C=O) groups is 2. The predicted molar refractivity (Wildman–Crippen MR) is 168 cm³/mol. The van der Waals surface area contributed by atoms with Gasteiger partial charge in [-0.3, -0.25) is 4.79 Å². The molecule has 0 bridgehead atoms. The molecule has 1 aromatic heterocycles. The van der Waals surface area contributed by atoms with Crippen LogP contribution >= 0.6 is 11.6 Å². The van der Waals surface area contributed by atoms with E-state index in [2.05, 4.69) is 10.4 Å². The molecule has 246 valence electrons. The molecule has 15 heteroatoms. The maximum atomic E-state index is 14.1. The fraction of sp³-hybridized carbons (Fsp3) is 0.621. The Morgan fingerprint density at radius 2 is 1.80 bits per heavy atom. The van der Waals surface area contributed by atoms with Crippen LogP contribution in [0.25, 0.3) is 0 Å². The van der Waals surface area contributed by atoms with Gasteiger partial charge in [-0.2, -0.15) is 12.7 Å². The first-order valence-electron chi connectivity index (χ1n) is 14.4. The van der Waals surface area contributed by atoms with E-state index in [1.807, 2.05) is 17.0 Å². The number of halogens is 1. The van der Waals surface area contributed by atoms with E-state index in [1.165, 1.54) is 33.2 Å². The zero-order valence-electron chi connectivity index (χ0n) is 27.0. The predicted octanol–water partition coefficient (Wildman–Crippen LogP) is 3.35. The molecule has 0 radical (unpaired) electrons. The molecule has 1 saturated heterocycles. The largest absolute Gasteiger partial charge is 0.444 e. The van der Waals surface area contributed by atoms with Crippen LogP contribution in [0.1, 0.15) is 62.2 Å². The number of amides is 2. The number of ether oxygens (including phenoxy) is 3. The molecule has 44 heavy (non-hydrogen) atoms. The number of hydrogen-bond donors (Lipinski definition) is 1. The average molecular weight is 657 g/mol. The van der Waals surface area contributed by atoms with Gasteiger partial charge < -0.3 is 29.3 Å². The van der Waals surface area contributed by atoms with Crippen LogP contribution in [0.3, 0.4) is 0 Å². The van der Waals surface area contributed by atoms with Gasteiger partial charge in [-0.15, -0.1) is 9.19 Å². The summed E-state index contributed by atoms with van der Waals surface area (Å²) in [4.78, 5) is 30.0. The second-order valence-corrected chi connectivity index (χ2v) is 14.4. The monoisotopic (exact) mass is 656 g/mol. The molecular formula is C29H45ClN6O7S. The summed E-state index contributed by atoms with van der Waals surface area (Å²) in [6.07, 6.45) is 0.131. The van der Waals surface area contributed by atoms with Gasteiger partial charge in [0.1, 0.15) is 11.4 Å². The third-order valence-electron chi connectivity index (χ3n) is 7.37. The zero-order chi connectivity index (χ0) is 33.0. The van der Waals surface area contributed by atoms with E-state index in [4.69, 9.17) is 25.8 Å². The maximum absolute atomic E-state index is 14.1. The van der Waals surface area contributed by atoms with E-state index < -0.39 is 40.1 Å². The summed E-state index contributed by atoms with van der Waals surface area (Å²) in [5.74, 6) is -0.290. The molecule has 0 saturated carbocycles. The number of piperidine rings is 1. The summed E-state index contributed by atoms with van der Waals surface area (Å²) in [5, 5.41) is 7.84. The van der Waals surface area contributed by atoms with Crippen molar-refractivity contribution in [3.05, 3.63) is 46.1 Å². The van der Waals surface area contributed by atoms with Gasteiger partial charge in [-0.25, -0.2) is 4.79 Å². The molecule has 2 aromatic rings. The first-order valence-corrected chi connectivity index (χ1v) is 16.1. The van der Waals surface area contributed by atoms with E-state index in [0.29, 0.717) is 35.5 Å². The Morgan fingerprint density at radius 1 is 1.16 bits per heavy atom. The lowest BCUT2D eigenvalue weighted by atomic mass is 10.0. The standard InChI is InChI=1S/C29H45ClN6O7S/c1-19(27(41-8)42-9)34(7)26(37)24-22(17-20-13-10-11-15-23(20)30)25(36(32-24)44(39,40)33(5)6)35-16-12-14-21(18-35)31-28(38)43-29(2,3)4/h10-11,13,15,19,21,27H,12,14,16-18H2,1-9H3,(H,31,38)/t19?,21-/m1/s1. The highest BCUT2D eigenvalue weighted by molar-refractivity contribution is 7.87. The van der Waals surface area contributed by atoms with E-state index in [-0.39, 0.29) is 30.5 Å². The number of aromatic nitrogens is 2. The second-order valence-electron chi connectivity index (χ2n) is 12.0. The number of likely N-dealkylation sites (N-methyl/N-ethyl adjacent to an activating group) is 1. The van der Waals surface area contributed by atoms with Crippen LogP contribution in [0.2, 0.25) is 5.02 Å². The highest BCUT2D eigenvalue weighted by atomic mass is 35.5. The number of anilines is 1. The summed E-state index contributed by atoms with van der Waals surface area (Å²) in [7, 11) is 3.12. The quantitative estimate of drug-likeness (QED) is 0.361. The van der Waals surface area contributed by atoms with Crippen molar-refractivity contribution in [2.75, 3.05) is 53.4 Å². The Labute approximate surface area is 265 Å². The van der Waals surface area contributed by atoms with E-state index in [1.54, 1.807) is 46.9 Å². The Morgan fingerprint density at radius 3 is 2.36 bits per heavy atom. The first kappa shape index (κ1) is 35.6. The molecular weight excluding hydrogens is 612 g/mol. The Hall–Kier alpha value is -2.91. The third-order valence-corrected chi connectivity index (χ3v) is 9.35. The van der Waals surface area contributed by atoms with Gasteiger partial charge in [0.05, 0.1) is 6.04 Å². The normalized spacial score (nSPS) is 16.7. The third kappa shape index (κ3) is 8.21. The highest BCUT2D eigenvalue weighted by Crippen LogP contribution is 2.33. The number of carbonyl (C=O) groups excluding carboxylic acids is 2. The van der Waals surface area contributed by atoms with Gasteiger partial charge in [0.2, 0.25) is 0 Å². The van der Waals surface area contributed by atoms with Crippen LogP contribution in [-0.4, -0.2) is 111 Å². The molecule has 1 unspecified atom stereocenters. The lowest BCUT2D eigenvalue weighted by Gasteiger charge is -2.35. The minimum Gasteiger partial charge on any atom is -0.444 e. The average Bonchev–Trinajstić information content (AvgIpc) is 3.32. The number of hydrogen-bond acceptors (Lipinski definition) is 9. The fourth-order valence-electron chi connectivity index (χ4n) is 5.00. The van der Waals surface area contributed by atoms with Gasteiger partial charge in [0.15, 0.2) is 12.0 Å². The van der Waals surface area contributed by atoms with Crippen LogP contribution < -0.4 is 10.2 Å². The molecule has 2 atom stereocenters. The summed E-state index contributed by atoms with van der Waals surface area (Å²) in [5.41, 5.74) is 0.348. The molecule has 13 nitrogen and oxygen atoms in total. The van der Waals surface area contributed by atoms with Crippen molar-refractivity contribution in [3.8, 4) is 0 Å². The number of benzene rings is 1. The van der Waals surface area contributed by atoms with Gasteiger partial charge in [-0.1, -0.05) is 29.8 Å². The van der Waals surface area contributed by atoms with Crippen LogP contribution in [0, 0.1) is 0 Å². The molecule has 1 N–H and O–H groups in total. The highest BCUT2D eigenvalue weighted by Gasteiger charge is 2.37. The fourth-order valence-corrected chi connectivity index (χ4v) is 6.14. The number of methoxy groups -OCH3 is 2. The van der Waals surface area contributed by atoms with Crippen LogP contribution in [-0.2, 0) is 30.8 Å². The molecule has 1 aliphatic heterocycles. The first-order chi connectivity index (χ1) is 20.5. The minimum atomic E-state index is -4.20. The summed E-state index contributed by atoms with van der Waals surface area (Å²) < 4.78 is 45.6. The lowest BCUT2D eigenvalue weighted by Crippen LogP contribution is -2.50. The maximum Gasteiger partial charge on any atom is 0.407 e. The van der Waals surface area contributed by atoms with E-state index in [9.17, 15) is 18.0 Å². The van der Waals surface area contributed by atoms with Crippen LogP contribution in [0.5, 0.6) is 0 Å². The molecule has 0 spiro atoms. The summed E-state index contributed by atoms with van der Waals surface area (Å²) in [6.45, 7) is 7.83. The zero-order valence-corrected chi connectivity index (χ0v) is 28.5. The van der Waals surface area contributed by atoms with Crippen molar-refractivity contribution < 1.29 is 32.2 Å². The Bertz CT molecular complexity index is 1420. The van der Waals surface area contributed by atoms with Gasteiger partial charge in [0, 0.05) is 71.5 Å². The topological polar surface area (TPSA) is 136 Å². The van der Waals surface area contributed by atoms with Gasteiger partial charge in [0.25, 0.3) is 5.91 Å². The van der Waals surface area contributed by atoms with Crippen molar-refractivity contribution in [2.45, 2.75) is 70.9 Å². The van der Waals surface area contributed by atoms with E-state index >= 15 is 0 Å². The van der Waals surface area contributed by atoms with Crippen molar-refractivity contribution >= 4 is 39.6 Å². The molecule has 1 fully saturated rings. The molecule has 2 amide bonds. The smallest absolute Gasteiger partial charge is 0.407 e. The number of nitrogens with zero attached hydrogens (tertiary/aromatic N) is 5.